The summed E-state index contributed by atoms with van der Waals surface area (Å²) >= 11 is 0. The minimum absolute atomic E-state index is 0.0423. The Morgan fingerprint density at radius 2 is 2.10 bits per heavy atom. The zero-order valence-corrected chi connectivity index (χ0v) is 16.1. The summed E-state index contributed by atoms with van der Waals surface area (Å²) in [5.41, 5.74) is 2.55. The lowest BCUT2D eigenvalue weighted by molar-refractivity contribution is -0.128. The number of fused-ring (bicyclic) bond motifs is 1. The first-order chi connectivity index (χ1) is 14.2. The molecule has 2 aromatic heterocycles. The molecule has 1 spiro atoms. The smallest absolute Gasteiger partial charge is 0.224 e. The third-order valence-corrected chi connectivity index (χ3v) is 6.32. The van der Waals surface area contributed by atoms with Crippen molar-refractivity contribution < 1.29 is 4.79 Å². The summed E-state index contributed by atoms with van der Waals surface area (Å²) in [7, 11) is 0. The van der Waals surface area contributed by atoms with Gasteiger partial charge in [-0.25, -0.2) is 9.97 Å². The number of nitrogens with one attached hydrogen (secondary N) is 2. The van der Waals surface area contributed by atoms with Gasteiger partial charge in [0.25, 0.3) is 0 Å². The first-order valence-electron chi connectivity index (χ1n) is 9.98. The maximum atomic E-state index is 13.0. The highest BCUT2D eigenvalue weighted by atomic mass is 16.1. The first-order valence-corrected chi connectivity index (χ1v) is 9.98. The van der Waals surface area contributed by atoms with Crippen molar-refractivity contribution in [2.24, 2.45) is 11.3 Å². The number of rotatable bonds is 4. The monoisotopic (exact) mass is 386 g/mol. The minimum atomic E-state index is 0.0423. The van der Waals surface area contributed by atoms with Gasteiger partial charge in [-0.1, -0.05) is 12.1 Å². The van der Waals surface area contributed by atoms with E-state index in [1.165, 1.54) is 0 Å². The van der Waals surface area contributed by atoms with Crippen LogP contribution in [0.3, 0.4) is 0 Å². The van der Waals surface area contributed by atoms with E-state index in [1.54, 1.807) is 18.5 Å². The molecule has 1 saturated heterocycles. The molecule has 2 fully saturated rings. The highest BCUT2D eigenvalue weighted by Gasteiger charge is 2.55. The van der Waals surface area contributed by atoms with Gasteiger partial charge in [-0.05, 0) is 48.4 Å². The van der Waals surface area contributed by atoms with Crippen LogP contribution in [0.2, 0.25) is 0 Å². The van der Waals surface area contributed by atoms with Crippen molar-refractivity contribution in [1.82, 2.24) is 20.3 Å². The Kier molecular flexibility index (Phi) is 4.20. The van der Waals surface area contributed by atoms with E-state index in [0.29, 0.717) is 12.1 Å². The maximum absolute atomic E-state index is 13.0. The summed E-state index contributed by atoms with van der Waals surface area (Å²) < 4.78 is 0. The summed E-state index contributed by atoms with van der Waals surface area (Å²) in [6.07, 6.45) is 6.48. The molecule has 146 valence electrons. The fourth-order valence-corrected chi connectivity index (χ4v) is 4.54. The van der Waals surface area contributed by atoms with Crippen molar-refractivity contribution in [2.75, 3.05) is 18.0 Å². The van der Waals surface area contributed by atoms with Crippen LogP contribution in [0.25, 0.3) is 11.0 Å². The van der Waals surface area contributed by atoms with Crippen LogP contribution in [-0.4, -0.2) is 33.9 Å². The lowest BCUT2D eigenvalue weighted by atomic mass is 9.81. The van der Waals surface area contributed by atoms with Gasteiger partial charge in [0.15, 0.2) is 0 Å². The van der Waals surface area contributed by atoms with E-state index in [9.17, 15) is 4.79 Å². The Labute approximate surface area is 168 Å². The first kappa shape index (κ1) is 17.7. The van der Waals surface area contributed by atoms with Crippen LogP contribution >= 0.6 is 0 Å². The lowest BCUT2D eigenvalue weighted by Crippen LogP contribution is -2.48. The van der Waals surface area contributed by atoms with E-state index in [2.05, 4.69) is 31.2 Å². The number of nitriles is 1. The average molecular weight is 386 g/mol. The summed E-state index contributed by atoms with van der Waals surface area (Å²) in [5, 5.41) is 13.0. The molecule has 0 bridgehead atoms. The van der Waals surface area contributed by atoms with Gasteiger partial charge in [-0.3, -0.25) is 4.79 Å². The average Bonchev–Trinajstić information content (AvgIpc) is 3.34. The van der Waals surface area contributed by atoms with Crippen LogP contribution in [0.15, 0.2) is 42.9 Å². The largest absolute Gasteiger partial charge is 0.355 e. The molecule has 1 saturated carbocycles. The summed E-state index contributed by atoms with van der Waals surface area (Å²) in [4.78, 5) is 27.2. The number of aromatic nitrogens is 3. The Morgan fingerprint density at radius 3 is 2.86 bits per heavy atom. The fourth-order valence-electron chi connectivity index (χ4n) is 4.54. The number of H-pyrrole nitrogens is 1. The zero-order valence-electron chi connectivity index (χ0n) is 16.1. The quantitative estimate of drug-likeness (QED) is 0.718. The second kappa shape index (κ2) is 6.89. The van der Waals surface area contributed by atoms with Crippen molar-refractivity contribution in [3.05, 3.63) is 54.0 Å². The molecule has 0 unspecified atom stereocenters. The van der Waals surface area contributed by atoms with Gasteiger partial charge in [-0.2, -0.15) is 5.26 Å². The highest BCUT2D eigenvalue weighted by molar-refractivity contribution is 5.87. The molecule has 29 heavy (non-hydrogen) atoms. The highest BCUT2D eigenvalue weighted by Crippen LogP contribution is 2.56. The van der Waals surface area contributed by atoms with E-state index in [-0.39, 0.29) is 17.2 Å². The van der Waals surface area contributed by atoms with Crippen molar-refractivity contribution >= 4 is 22.8 Å². The zero-order chi connectivity index (χ0) is 19.8. The van der Waals surface area contributed by atoms with Crippen LogP contribution in [0, 0.1) is 22.7 Å². The number of hydrogen-bond acceptors (Lipinski definition) is 5. The van der Waals surface area contributed by atoms with Crippen LogP contribution in [0.1, 0.15) is 30.4 Å². The van der Waals surface area contributed by atoms with Crippen LogP contribution in [-0.2, 0) is 11.3 Å². The molecule has 3 aromatic rings. The number of carbonyl (C=O) groups is 1. The normalized spacial score (nSPS) is 19.8. The van der Waals surface area contributed by atoms with Gasteiger partial charge in [0, 0.05) is 31.7 Å². The molecular formula is C22H22N6O. The number of aromatic amines is 1. The molecule has 1 aliphatic carbocycles. The fraction of sp³-hybridized carbons (Fsp3) is 0.364. The number of hydrogen-bond donors (Lipinski definition) is 2. The van der Waals surface area contributed by atoms with Crippen molar-refractivity contribution in [1.29, 1.82) is 5.26 Å². The van der Waals surface area contributed by atoms with Gasteiger partial charge < -0.3 is 15.2 Å². The molecule has 2 N–H and O–H groups in total. The Morgan fingerprint density at radius 1 is 1.28 bits per heavy atom. The Balaban J connectivity index is 1.27. The van der Waals surface area contributed by atoms with Crippen molar-refractivity contribution in [2.45, 2.75) is 25.8 Å². The van der Waals surface area contributed by atoms with E-state index in [4.69, 9.17) is 5.26 Å². The molecular weight excluding hydrogens is 364 g/mol. The number of anilines is 1. The number of carbonyl (C=O) groups excluding carboxylic acids is 1. The van der Waals surface area contributed by atoms with Gasteiger partial charge >= 0.3 is 0 Å². The van der Waals surface area contributed by atoms with E-state index < -0.39 is 0 Å². The Hall–Kier alpha value is -3.40. The van der Waals surface area contributed by atoms with Crippen LogP contribution in [0.4, 0.5) is 5.82 Å². The molecule has 5 rings (SSSR count). The maximum Gasteiger partial charge on any atom is 0.224 e. The molecule has 1 atom stereocenters. The molecule has 1 aliphatic heterocycles. The predicted octanol–water partition coefficient (Wildman–Crippen LogP) is 2.75. The lowest BCUT2D eigenvalue weighted by Gasteiger charge is -2.39. The molecule has 3 heterocycles. The van der Waals surface area contributed by atoms with Crippen molar-refractivity contribution in [3.8, 4) is 6.07 Å². The summed E-state index contributed by atoms with van der Waals surface area (Å²) in [6.45, 7) is 2.17. The van der Waals surface area contributed by atoms with Crippen LogP contribution < -0.4 is 10.2 Å². The topological polar surface area (TPSA) is 97.7 Å². The summed E-state index contributed by atoms with van der Waals surface area (Å²) in [5.74, 6) is 1.14. The second-order valence-electron chi connectivity index (χ2n) is 8.09. The van der Waals surface area contributed by atoms with Gasteiger partial charge in [0.2, 0.25) is 5.91 Å². The van der Waals surface area contributed by atoms with E-state index >= 15 is 0 Å². The second-order valence-corrected chi connectivity index (χ2v) is 8.09. The van der Waals surface area contributed by atoms with Crippen LogP contribution in [0.5, 0.6) is 0 Å². The van der Waals surface area contributed by atoms with E-state index in [0.717, 1.165) is 54.8 Å². The van der Waals surface area contributed by atoms with Gasteiger partial charge in [0.05, 0.1) is 17.0 Å². The SMILES string of the molecule is N#Cc1ccc(CNC(=O)[C@@H]2CCN(c3ncnc4[nH]ccc34)CC23CC3)cc1. The number of piperidine rings is 1. The molecule has 1 amide bonds. The Bertz CT molecular complexity index is 1090. The number of benzene rings is 1. The minimum Gasteiger partial charge on any atom is -0.355 e. The van der Waals surface area contributed by atoms with Gasteiger partial charge in [0.1, 0.15) is 17.8 Å². The van der Waals surface area contributed by atoms with E-state index in [1.807, 2.05) is 24.4 Å². The summed E-state index contributed by atoms with van der Waals surface area (Å²) in [6, 6.07) is 11.5. The number of nitrogens with zero attached hydrogens (tertiary/aromatic N) is 4. The standard InChI is InChI=1S/C22H22N6O/c23-11-15-1-3-16(4-2-15)12-25-21(29)18-6-10-28(13-22(18)7-8-22)20-17-5-9-24-19(17)26-14-27-20/h1-5,9,14,18H,6-8,10,12-13H2,(H,25,29)(H,24,26,27)/t18-/m0/s1. The predicted molar refractivity (Wildman–Crippen MR) is 109 cm³/mol. The van der Waals surface area contributed by atoms with Gasteiger partial charge in [-0.15, -0.1) is 0 Å². The molecule has 7 heteroatoms. The third kappa shape index (κ3) is 3.21. The number of amides is 1. The molecule has 1 aromatic carbocycles. The van der Waals surface area contributed by atoms with Crippen molar-refractivity contribution in [3.63, 3.8) is 0 Å². The molecule has 2 aliphatic rings. The molecule has 7 nitrogen and oxygen atoms in total. The molecule has 0 radical (unpaired) electrons. The third-order valence-electron chi connectivity index (χ3n) is 6.32.